The van der Waals surface area contributed by atoms with Crippen molar-refractivity contribution in [1.82, 2.24) is 0 Å². The predicted octanol–water partition coefficient (Wildman–Crippen LogP) is -1.70. The molecule has 0 bridgehead atoms. The van der Waals surface area contributed by atoms with Gasteiger partial charge in [-0.2, -0.15) is 5.84 Å². The molecule has 0 unspecified atom stereocenters. The number of quaternary nitrogens is 1. The van der Waals surface area contributed by atoms with E-state index in [1.807, 2.05) is 0 Å². The molecule has 0 aliphatic rings. The molecule has 0 aromatic carbocycles. The Morgan fingerprint density at radius 3 is 2.00 bits per heavy atom. The van der Waals surface area contributed by atoms with E-state index in [9.17, 15) is 5.11 Å². The SMILES string of the molecule is C[N+](C)(N)CC[O-]. The lowest BCUT2D eigenvalue weighted by Crippen LogP contribution is -2.50. The fourth-order valence-corrected chi connectivity index (χ4v) is 0.235. The second-order valence-corrected chi connectivity index (χ2v) is 2.21. The summed E-state index contributed by atoms with van der Waals surface area (Å²) in [5.41, 5.74) is 0. The van der Waals surface area contributed by atoms with Crippen molar-refractivity contribution in [3.05, 3.63) is 0 Å². The highest BCUT2D eigenvalue weighted by Gasteiger charge is 2.00. The van der Waals surface area contributed by atoms with E-state index in [0.29, 0.717) is 6.54 Å². The number of nitrogens with two attached hydrogens (primary N) is 1. The van der Waals surface area contributed by atoms with Crippen molar-refractivity contribution >= 4 is 0 Å². The molecule has 0 amide bonds. The van der Waals surface area contributed by atoms with Crippen LogP contribution in [0.1, 0.15) is 0 Å². The van der Waals surface area contributed by atoms with Crippen LogP contribution in [0.15, 0.2) is 0 Å². The third kappa shape index (κ3) is 5.88. The van der Waals surface area contributed by atoms with Crippen molar-refractivity contribution < 1.29 is 9.70 Å². The molecule has 0 aliphatic carbocycles. The molecule has 44 valence electrons. The fourth-order valence-electron chi connectivity index (χ4n) is 0.235. The van der Waals surface area contributed by atoms with Gasteiger partial charge in [-0.15, -0.1) is 0 Å². The maximum absolute atomic E-state index is 9.85. The van der Waals surface area contributed by atoms with E-state index in [4.69, 9.17) is 5.84 Å². The zero-order valence-electron chi connectivity index (χ0n) is 4.85. The van der Waals surface area contributed by atoms with Crippen LogP contribution in [0.25, 0.3) is 0 Å². The van der Waals surface area contributed by atoms with E-state index in [-0.39, 0.29) is 11.2 Å². The van der Waals surface area contributed by atoms with Crippen molar-refractivity contribution in [2.45, 2.75) is 0 Å². The standard InChI is InChI=1S/C4H12N2O/c1-6(2,5)3-4-7/h3-5H2,1-2H3. The van der Waals surface area contributed by atoms with Crippen molar-refractivity contribution in [1.29, 1.82) is 0 Å². The Morgan fingerprint density at radius 1 is 1.57 bits per heavy atom. The topological polar surface area (TPSA) is 49.1 Å². The van der Waals surface area contributed by atoms with Crippen LogP contribution in [0.3, 0.4) is 0 Å². The van der Waals surface area contributed by atoms with Crippen LogP contribution < -0.4 is 10.9 Å². The molecular weight excluding hydrogens is 92.1 g/mol. The maximum Gasteiger partial charge on any atom is 0.0853 e. The second-order valence-electron chi connectivity index (χ2n) is 2.21. The minimum atomic E-state index is -0.0938. The van der Waals surface area contributed by atoms with Gasteiger partial charge in [-0.05, 0) is 0 Å². The fraction of sp³-hybridized carbons (Fsp3) is 1.00. The van der Waals surface area contributed by atoms with Gasteiger partial charge in [0.25, 0.3) is 0 Å². The number of likely N-dealkylation sites (N-methyl/N-ethyl adjacent to an activating group) is 1. The Morgan fingerprint density at radius 2 is 2.00 bits per heavy atom. The highest BCUT2D eigenvalue weighted by atomic mass is 16.3. The monoisotopic (exact) mass is 104 g/mol. The van der Waals surface area contributed by atoms with E-state index in [1.54, 1.807) is 14.1 Å². The molecule has 0 heterocycles. The molecule has 0 aromatic rings. The molecule has 3 heteroatoms. The average Bonchev–Trinajstić information content (AvgIpc) is 1.30. The van der Waals surface area contributed by atoms with Crippen LogP contribution in [0.5, 0.6) is 0 Å². The highest BCUT2D eigenvalue weighted by Crippen LogP contribution is 1.77. The number of rotatable bonds is 2. The summed E-state index contributed by atoms with van der Waals surface area (Å²) in [5, 5.41) is 9.85. The molecule has 0 atom stereocenters. The van der Waals surface area contributed by atoms with E-state index >= 15 is 0 Å². The van der Waals surface area contributed by atoms with Crippen LogP contribution in [0.4, 0.5) is 0 Å². The number of hydrogen-bond donors (Lipinski definition) is 1. The van der Waals surface area contributed by atoms with Gasteiger partial charge in [0.05, 0.1) is 20.6 Å². The van der Waals surface area contributed by atoms with Gasteiger partial charge in [-0.3, -0.25) is 4.59 Å². The van der Waals surface area contributed by atoms with Gasteiger partial charge in [0.15, 0.2) is 0 Å². The quantitative estimate of drug-likeness (QED) is 0.258. The minimum Gasteiger partial charge on any atom is -0.850 e. The van der Waals surface area contributed by atoms with Crippen LogP contribution in [0.2, 0.25) is 0 Å². The van der Waals surface area contributed by atoms with Gasteiger partial charge in [-0.1, -0.05) is 6.61 Å². The zero-order valence-corrected chi connectivity index (χ0v) is 4.85. The van der Waals surface area contributed by atoms with Crippen LogP contribution in [0, 0.1) is 0 Å². The summed E-state index contributed by atoms with van der Waals surface area (Å²) in [5.74, 6) is 5.38. The van der Waals surface area contributed by atoms with Crippen LogP contribution in [-0.2, 0) is 0 Å². The molecule has 0 aliphatic heterocycles. The molecule has 0 spiro atoms. The highest BCUT2D eigenvalue weighted by molar-refractivity contribution is 4.15. The first-order valence-electron chi connectivity index (χ1n) is 2.26. The van der Waals surface area contributed by atoms with Gasteiger partial charge < -0.3 is 5.11 Å². The summed E-state index contributed by atoms with van der Waals surface area (Å²) in [6, 6.07) is 0. The Labute approximate surface area is 43.9 Å². The Balaban J connectivity index is 3.15. The van der Waals surface area contributed by atoms with Gasteiger partial charge in [0.2, 0.25) is 0 Å². The van der Waals surface area contributed by atoms with E-state index in [0.717, 1.165) is 0 Å². The van der Waals surface area contributed by atoms with Crippen molar-refractivity contribution in [2.75, 3.05) is 27.2 Å². The summed E-state index contributed by atoms with van der Waals surface area (Å²) in [4.78, 5) is 0. The number of hydrogen-bond acceptors (Lipinski definition) is 2. The van der Waals surface area contributed by atoms with E-state index < -0.39 is 0 Å². The minimum absolute atomic E-state index is 0.0938. The van der Waals surface area contributed by atoms with Gasteiger partial charge >= 0.3 is 0 Å². The third-order valence-electron chi connectivity index (χ3n) is 0.668. The van der Waals surface area contributed by atoms with Crippen molar-refractivity contribution in [2.24, 2.45) is 5.84 Å². The molecule has 0 saturated carbocycles. The molecule has 2 N–H and O–H groups in total. The lowest BCUT2D eigenvalue weighted by Gasteiger charge is -2.23. The average molecular weight is 104 g/mol. The molecule has 0 radical (unpaired) electrons. The van der Waals surface area contributed by atoms with Gasteiger partial charge in [0, 0.05) is 0 Å². The molecular formula is C4H12N2O. The maximum atomic E-state index is 9.85. The summed E-state index contributed by atoms with van der Waals surface area (Å²) in [6.07, 6.45) is 0. The summed E-state index contributed by atoms with van der Waals surface area (Å²) >= 11 is 0. The first kappa shape index (κ1) is 6.88. The summed E-state index contributed by atoms with van der Waals surface area (Å²) in [6.45, 7) is 0.406. The molecule has 0 rings (SSSR count). The molecule has 0 fully saturated rings. The lowest BCUT2D eigenvalue weighted by atomic mass is 10.6. The van der Waals surface area contributed by atoms with E-state index in [1.165, 1.54) is 0 Å². The molecule has 0 aromatic heterocycles. The Hall–Kier alpha value is -0.120. The molecule has 7 heavy (non-hydrogen) atoms. The summed E-state index contributed by atoms with van der Waals surface area (Å²) < 4.78 is 0.281. The normalized spacial score (nSPS) is 12.0. The predicted molar refractivity (Wildman–Crippen MR) is 26.0 cm³/mol. The largest absolute Gasteiger partial charge is 0.850 e. The third-order valence-corrected chi connectivity index (χ3v) is 0.668. The first-order valence-corrected chi connectivity index (χ1v) is 2.26. The van der Waals surface area contributed by atoms with Crippen LogP contribution in [-0.4, -0.2) is 31.8 Å². The van der Waals surface area contributed by atoms with Gasteiger partial charge in [-0.25, -0.2) is 0 Å². The van der Waals surface area contributed by atoms with Crippen molar-refractivity contribution in [3.8, 4) is 0 Å². The molecule has 3 nitrogen and oxygen atoms in total. The molecule has 0 saturated heterocycles. The Kier molecular flexibility index (Phi) is 2.22. The van der Waals surface area contributed by atoms with E-state index in [2.05, 4.69) is 0 Å². The summed E-state index contributed by atoms with van der Waals surface area (Å²) in [7, 11) is 3.58. The van der Waals surface area contributed by atoms with Gasteiger partial charge in [0.1, 0.15) is 0 Å². The van der Waals surface area contributed by atoms with Crippen molar-refractivity contribution in [3.63, 3.8) is 0 Å². The number of nitrogens with zero attached hydrogens (tertiary/aromatic N) is 1. The Bertz CT molecular complexity index is 48.1. The first-order chi connectivity index (χ1) is 3.06. The van der Waals surface area contributed by atoms with Crippen LogP contribution >= 0.6 is 0 Å². The zero-order chi connectivity index (χ0) is 5.91. The second kappa shape index (κ2) is 2.26. The smallest absolute Gasteiger partial charge is 0.0853 e. The lowest BCUT2D eigenvalue weighted by molar-refractivity contribution is -0.907.